The molecule has 0 aliphatic carbocycles. The molecule has 1 rings (SSSR count). The van der Waals surface area contributed by atoms with Crippen LogP contribution >= 0.6 is 0 Å². The largest absolute Gasteiger partial charge is 0.369 e. The van der Waals surface area contributed by atoms with Crippen molar-refractivity contribution < 1.29 is 4.79 Å². The highest BCUT2D eigenvalue weighted by molar-refractivity contribution is 5.96. The van der Waals surface area contributed by atoms with Gasteiger partial charge in [0, 0.05) is 13.2 Å². The Balaban J connectivity index is 2.90. The van der Waals surface area contributed by atoms with Gasteiger partial charge in [-0.3, -0.25) is 5.32 Å². The van der Waals surface area contributed by atoms with E-state index in [0.29, 0.717) is 0 Å². The number of carbonyl (C=O) groups is 1. The van der Waals surface area contributed by atoms with Crippen molar-refractivity contribution in [2.45, 2.75) is 0 Å². The van der Waals surface area contributed by atoms with Crippen LogP contribution in [-0.2, 0) is 0 Å². The van der Waals surface area contributed by atoms with Gasteiger partial charge in [0.25, 0.3) is 0 Å². The molecule has 0 unspecified atom stereocenters. The van der Waals surface area contributed by atoms with Crippen LogP contribution in [0.25, 0.3) is 0 Å². The predicted octanol–water partition coefficient (Wildman–Crippen LogP) is -0.172. The van der Waals surface area contributed by atoms with Gasteiger partial charge in [-0.2, -0.15) is 10.3 Å². The molecule has 0 atom stereocenters. The molecular formula is C9H10N6O. The third-order valence-electron chi connectivity index (χ3n) is 1.60. The molecule has 4 N–H and O–H groups in total. The molecule has 0 aliphatic heterocycles. The van der Waals surface area contributed by atoms with E-state index in [1.165, 1.54) is 13.2 Å². The van der Waals surface area contributed by atoms with Crippen LogP contribution in [0.3, 0.4) is 0 Å². The van der Waals surface area contributed by atoms with E-state index in [2.05, 4.69) is 20.6 Å². The SMILES string of the molecule is CNC(=O)N/C(N)=N/c1ncccc1C#N. The smallest absolute Gasteiger partial charge is 0.321 e. The van der Waals surface area contributed by atoms with Gasteiger partial charge >= 0.3 is 6.03 Å². The molecule has 0 bridgehead atoms. The molecular weight excluding hydrogens is 208 g/mol. The van der Waals surface area contributed by atoms with Crippen LogP contribution in [0.5, 0.6) is 0 Å². The Morgan fingerprint density at radius 1 is 1.69 bits per heavy atom. The molecule has 2 amide bonds. The normalized spacial score (nSPS) is 10.4. The number of nitrogens with zero attached hydrogens (tertiary/aromatic N) is 3. The number of amides is 2. The van der Waals surface area contributed by atoms with E-state index in [1.54, 1.807) is 12.1 Å². The van der Waals surface area contributed by atoms with Crippen molar-refractivity contribution in [1.29, 1.82) is 5.26 Å². The first-order chi connectivity index (χ1) is 7.67. The molecule has 0 fully saturated rings. The first-order valence-electron chi connectivity index (χ1n) is 4.35. The number of nitrogens with one attached hydrogen (secondary N) is 2. The summed E-state index contributed by atoms with van der Waals surface area (Å²) in [6.07, 6.45) is 1.48. The van der Waals surface area contributed by atoms with Crippen molar-refractivity contribution in [3.8, 4) is 6.07 Å². The second kappa shape index (κ2) is 5.31. The molecule has 16 heavy (non-hydrogen) atoms. The van der Waals surface area contributed by atoms with Gasteiger partial charge in [0.2, 0.25) is 5.96 Å². The number of hydrogen-bond acceptors (Lipinski definition) is 4. The van der Waals surface area contributed by atoms with E-state index in [9.17, 15) is 4.79 Å². The highest BCUT2D eigenvalue weighted by Gasteiger charge is 2.03. The van der Waals surface area contributed by atoms with Crippen LogP contribution in [0.15, 0.2) is 23.3 Å². The minimum absolute atomic E-state index is 0.130. The highest BCUT2D eigenvalue weighted by atomic mass is 16.2. The Morgan fingerprint density at radius 2 is 2.44 bits per heavy atom. The molecule has 0 saturated carbocycles. The number of nitriles is 1. The molecule has 82 valence electrons. The zero-order valence-corrected chi connectivity index (χ0v) is 8.56. The maximum atomic E-state index is 10.9. The molecule has 0 radical (unpaired) electrons. The molecule has 7 nitrogen and oxygen atoms in total. The number of rotatable bonds is 1. The maximum Gasteiger partial charge on any atom is 0.321 e. The Bertz CT molecular complexity index is 461. The Kier molecular flexibility index (Phi) is 3.80. The van der Waals surface area contributed by atoms with Crippen LogP contribution in [-0.4, -0.2) is 24.0 Å². The molecule has 1 aromatic rings. The summed E-state index contributed by atoms with van der Waals surface area (Å²) < 4.78 is 0. The fraction of sp³-hybridized carbons (Fsp3) is 0.111. The van der Waals surface area contributed by atoms with Crippen molar-refractivity contribution in [3.63, 3.8) is 0 Å². The van der Waals surface area contributed by atoms with E-state index >= 15 is 0 Å². The number of guanidine groups is 1. The Morgan fingerprint density at radius 3 is 3.06 bits per heavy atom. The lowest BCUT2D eigenvalue weighted by atomic mass is 10.3. The van der Waals surface area contributed by atoms with Crippen LogP contribution in [0.2, 0.25) is 0 Å². The first kappa shape index (κ1) is 11.5. The molecule has 0 saturated heterocycles. The van der Waals surface area contributed by atoms with Crippen molar-refractivity contribution in [2.24, 2.45) is 10.7 Å². The third-order valence-corrected chi connectivity index (χ3v) is 1.60. The average Bonchev–Trinajstić information content (AvgIpc) is 2.29. The maximum absolute atomic E-state index is 10.9. The van der Waals surface area contributed by atoms with Crippen molar-refractivity contribution in [3.05, 3.63) is 23.9 Å². The average molecular weight is 218 g/mol. The van der Waals surface area contributed by atoms with Gasteiger partial charge in [0.15, 0.2) is 5.82 Å². The fourth-order valence-electron chi connectivity index (χ4n) is 0.894. The molecule has 7 heteroatoms. The minimum atomic E-state index is -0.490. The zero-order valence-electron chi connectivity index (χ0n) is 8.56. The van der Waals surface area contributed by atoms with Gasteiger partial charge in [-0.05, 0) is 12.1 Å². The Hall–Kier alpha value is -2.62. The number of aliphatic imine (C=N–C) groups is 1. The number of nitrogens with two attached hydrogens (primary N) is 1. The lowest BCUT2D eigenvalue weighted by Gasteiger charge is -2.02. The molecule has 0 spiro atoms. The number of hydrogen-bond donors (Lipinski definition) is 3. The second-order valence-electron chi connectivity index (χ2n) is 2.69. The lowest BCUT2D eigenvalue weighted by Crippen LogP contribution is -2.41. The summed E-state index contributed by atoms with van der Waals surface area (Å²) >= 11 is 0. The second-order valence-corrected chi connectivity index (χ2v) is 2.69. The van der Waals surface area contributed by atoms with E-state index in [4.69, 9.17) is 11.0 Å². The minimum Gasteiger partial charge on any atom is -0.369 e. The van der Waals surface area contributed by atoms with Gasteiger partial charge in [0.05, 0.1) is 5.56 Å². The first-order valence-corrected chi connectivity index (χ1v) is 4.35. The van der Waals surface area contributed by atoms with E-state index in [1.807, 2.05) is 6.07 Å². The molecule has 0 aliphatic rings. The van der Waals surface area contributed by atoms with Crippen molar-refractivity contribution >= 4 is 17.8 Å². The quantitative estimate of drug-likeness (QED) is 0.448. The fourth-order valence-corrected chi connectivity index (χ4v) is 0.894. The van der Waals surface area contributed by atoms with Crippen LogP contribution in [0.4, 0.5) is 10.6 Å². The number of urea groups is 1. The van der Waals surface area contributed by atoms with Crippen molar-refractivity contribution in [1.82, 2.24) is 15.6 Å². The summed E-state index contributed by atoms with van der Waals surface area (Å²) in [6.45, 7) is 0. The van der Waals surface area contributed by atoms with Gasteiger partial charge in [-0.25, -0.2) is 9.78 Å². The van der Waals surface area contributed by atoms with Crippen molar-refractivity contribution in [2.75, 3.05) is 7.05 Å². The van der Waals surface area contributed by atoms with Gasteiger partial charge in [-0.15, -0.1) is 0 Å². The number of carbonyl (C=O) groups excluding carboxylic acids is 1. The standard InChI is InChI=1S/C9H10N6O/c1-12-9(16)15-8(11)14-7-6(5-10)3-2-4-13-7/h2-4H,1H3,(H4,11,12,13,14,15,16). The highest BCUT2D eigenvalue weighted by Crippen LogP contribution is 2.12. The molecule has 1 heterocycles. The van der Waals surface area contributed by atoms with E-state index in [-0.39, 0.29) is 17.3 Å². The van der Waals surface area contributed by atoms with Crippen LogP contribution < -0.4 is 16.4 Å². The summed E-state index contributed by atoms with van der Waals surface area (Å²) in [7, 11) is 1.45. The summed E-state index contributed by atoms with van der Waals surface area (Å²) in [6, 6.07) is 4.59. The van der Waals surface area contributed by atoms with Gasteiger partial charge in [0.1, 0.15) is 6.07 Å². The predicted molar refractivity (Wildman–Crippen MR) is 57.8 cm³/mol. The van der Waals surface area contributed by atoms with Gasteiger partial charge < -0.3 is 11.1 Å². The lowest BCUT2D eigenvalue weighted by molar-refractivity contribution is 0.247. The third kappa shape index (κ3) is 2.95. The molecule has 1 aromatic heterocycles. The van der Waals surface area contributed by atoms with E-state index < -0.39 is 6.03 Å². The Labute approximate surface area is 92.0 Å². The van der Waals surface area contributed by atoms with Crippen LogP contribution in [0.1, 0.15) is 5.56 Å². The van der Waals surface area contributed by atoms with Crippen LogP contribution in [0, 0.1) is 11.3 Å². The summed E-state index contributed by atoms with van der Waals surface area (Å²) in [5, 5.41) is 13.3. The summed E-state index contributed by atoms with van der Waals surface area (Å²) in [4.78, 5) is 18.6. The number of aromatic nitrogens is 1. The van der Waals surface area contributed by atoms with E-state index in [0.717, 1.165) is 0 Å². The molecule has 0 aromatic carbocycles. The topological polar surface area (TPSA) is 116 Å². The summed E-state index contributed by atoms with van der Waals surface area (Å²) in [5.74, 6) is 0.0356. The zero-order chi connectivity index (χ0) is 12.0. The van der Waals surface area contributed by atoms with Gasteiger partial charge in [-0.1, -0.05) is 0 Å². The monoisotopic (exact) mass is 218 g/mol. The summed E-state index contributed by atoms with van der Waals surface area (Å²) in [5.41, 5.74) is 5.72. The number of pyridine rings is 1.